The molecule has 0 saturated carbocycles. The van der Waals surface area contributed by atoms with Gasteiger partial charge in [0.1, 0.15) is 11.3 Å². The van der Waals surface area contributed by atoms with Crippen LogP contribution < -0.4 is 5.73 Å². The number of esters is 2. The summed E-state index contributed by atoms with van der Waals surface area (Å²) in [5, 5.41) is 0.668. The number of para-hydroxylation sites is 1. The van der Waals surface area contributed by atoms with Gasteiger partial charge < -0.3 is 19.8 Å². The normalized spacial score (nSPS) is 10.6. The second-order valence-electron chi connectivity index (χ2n) is 4.52. The summed E-state index contributed by atoms with van der Waals surface area (Å²) in [6.45, 7) is 1.01. The first-order valence-corrected chi connectivity index (χ1v) is 6.63. The van der Waals surface area contributed by atoms with Gasteiger partial charge in [0.15, 0.2) is 0 Å². The SMILES string of the molecule is COC(=O)c1c(C(=O)OC)n(CCCN)c2ccccc12. The molecule has 112 valence electrons. The van der Waals surface area contributed by atoms with E-state index in [1.54, 1.807) is 10.6 Å². The van der Waals surface area contributed by atoms with Gasteiger partial charge in [-0.15, -0.1) is 0 Å². The van der Waals surface area contributed by atoms with Gasteiger partial charge in [-0.05, 0) is 19.0 Å². The molecule has 1 heterocycles. The van der Waals surface area contributed by atoms with Gasteiger partial charge >= 0.3 is 11.9 Å². The van der Waals surface area contributed by atoms with Gasteiger partial charge in [0.05, 0.1) is 14.2 Å². The number of hydrogen-bond donors (Lipinski definition) is 1. The van der Waals surface area contributed by atoms with Crippen LogP contribution in [0.4, 0.5) is 0 Å². The molecule has 0 aliphatic heterocycles. The van der Waals surface area contributed by atoms with Crippen molar-refractivity contribution in [3.8, 4) is 0 Å². The highest BCUT2D eigenvalue weighted by Crippen LogP contribution is 2.28. The van der Waals surface area contributed by atoms with Crippen molar-refractivity contribution in [2.45, 2.75) is 13.0 Å². The zero-order chi connectivity index (χ0) is 15.4. The number of nitrogens with zero attached hydrogens (tertiary/aromatic N) is 1. The highest BCUT2D eigenvalue weighted by Gasteiger charge is 2.27. The van der Waals surface area contributed by atoms with E-state index in [9.17, 15) is 9.59 Å². The van der Waals surface area contributed by atoms with Crippen molar-refractivity contribution in [3.05, 3.63) is 35.5 Å². The van der Waals surface area contributed by atoms with E-state index in [-0.39, 0.29) is 11.3 Å². The summed E-state index contributed by atoms with van der Waals surface area (Å²) in [6.07, 6.45) is 0.684. The van der Waals surface area contributed by atoms with Crippen molar-refractivity contribution in [1.82, 2.24) is 4.57 Å². The highest BCUT2D eigenvalue weighted by atomic mass is 16.5. The fourth-order valence-electron chi connectivity index (χ4n) is 2.40. The van der Waals surface area contributed by atoms with E-state index >= 15 is 0 Å². The molecule has 21 heavy (non-hydrogen) atoms. The lowest BCUT2D eigenvalue weighted by atomic mass is 10.1. The van der Waals surface area contributed by atoms with E-state index in [0.29, 0.717) is 24.9 Å². The Morgan fingerprint density at radius 3 is 2.43 bits per heavy atom. The maximum Gasteiger partial charge on any atom is 0.355 e. The van der Waals surface area contributed by atoms with Crippen LogP contribution in [-0.2, 0) is 16.0 Å². The summed E-state index contributed by atoms with van der Waals surface area (Å²) in [5.74, 6) is -1.12. The van der Waals surface area contributed by atoms with Crippen molar-refractivity contribution in [1.29, 1.82) is 0 Å². The number of hydrogen-bond acceptors (Lipinski definition) is 5. The summed E-state index contributed by atoms with van der Waals surface area (Å²) in [7, 11) is 2.57. The van der Waals surface area contributed by atoms with Gasteiger partial charge in [-0.3, -0.25) is 0 Å². The third-order valence-corrected chi connectivity index (χ3v) is 3.33. The highest BCUT2D eigenvalue weighted by molar-refractivity contribution is 6.13. The van der Waals surface area contributed by atoms with Crippen LogP contribution in [0.25, 0.3) is 10.9 Å². The maximum atomic E-state index is 12.1. The topological polar surface area (TPSA) is 83.6 Å². The van der Waals surface area contributed by atoms with E-state index < -0.39 is 11.9 Å². The minimum Gasteiger partial charge on any atom is -0.465 e. The molecule has 0 bridgehead atoms. The number of methoxy groups -OCH3 is 2. The Bertz CT molecular complexity index is 676. The molecule has 0 fully saturated rings. The average Bonchev–Trinajstić information content (AvgIpc) is 2.85. The fourth-order valence-corrected chi connectivity index (χ4v) is 2.40. The Balaban J connectivity index is 2.77. The van der Waals surface area contributed by atoms with Crippen LogP contribution >= 0.6 is 0 Å². The standard InChI is InChI=1S/C15H18N2O4/c1-20-14(18)12-10-6-3-4-7-11(10)17(9-5-8-16)13(12)15(19)21-2/h3-4,6-7H,5,8-9,16H2,1-2H3. The molecule has 0 unspecified atom stereocenters. The minimum atomic E-state index is -0.566. The molecular weight excluding hydrogens is 272 g/mol. The predicted octanol–water partition coefficient (Wildman–Crippen LogP) is 1.56. The lowest BCUT2D eigenvalue weighted by Gasteiger charge is -2.09. The van der Waals surface area contributed by atoms with E-state index in [1.165, 1.54) is 14.2 Å². The number of nitrogens with two attached hydrogens (primary N) is 1. The Morgan fingerprint density at radius 1 is 1.14 bits per heavy atom. The summed E-state index contributed by atoms with van der Waals surface area (Å²) >= 11 is 0. The van der Waals surface area contributed by atoms with Crippen LogP contribution in [0.5, 0.6) is 0 Å². The summed E-state index contributed by atoms with van der Waals surface area (Å²) in [5.41, 5.74) is 6.78. The smallest absolute Gasteiger partial charge is 0.355 e. The summed E-state index contributed by atoms with van der Waals surface area (Å²) in [6, 6.07) is 7.30. The predicted molar refractivity (Wildman–Crippen MR) is 78.3 cm³/mol. The van der Waals surface area contributed by atoms with E-state index in [2.05, 4.69) is 0 Å². The van der Waals surface area contributed by atoms with E-state index in [1.807, 2.05) is 18.2 Å². The van der Waals surface area contributed by atoms with Crippen molar-refractivity contribution in [3.63, 3.8) is 0 Å². The molecule has 1 aromatic carbocycles. The van der Waals surface area contributed by atoms with Crippen LogP contribution in [-0.4, -0.2) is 37.3 Å². The maximum absolute atomic E-state index is 12.1. The quantitative estimate of drug-likeness (QED) is 0.845. The molecule has 2 N–H and O–H groups in total. The Labute approximate surface area is 122 Å². The van der Waals surface area contributed by atoms with Gasteiger partial charge in [0, 0.05) is 17.4 Å². The average molecular weight is 290 g/mol. The molecule has 6 nitrogen and oxygen atoms in total. The number of aryl methyl sites for hydroxylation is 1. The van der Waals surface area contributed by atoms with E-state index in [0.717, 1.165) is 5.52 Å². The Hall–Kier alpha value is -2.34. The van der Waals surface area contributed by atoms with Crippen molar-refractivity contribution >= 4 is 22.8 Å². The lowest BCUT2D eigenvalue weighted by Crippen LogP contribution is -2.17. The second kappa shape index (κ2) is 6.41. The van der Waals surface area contributed by atoms with Crippen LogP contribution in [0, 0.1) is 0 Å². The number of ether oxygens (including phenoxy) is 2. The molecule has 0 aliphatic rings. The molecule has 0 atom stereocenters. The van der Waals surface area contributed by atoms with Crippen molar-refractivity contribution in [2.24, 2.45) is 5.73 Å². The lowest BCUT2D eigenvalue weighted by molar-refractivity contribution is 0.0548. The van der Waals surface area contributed by atoms with Crippen LogP contribution in [0.15, 0.2) is 24.3 Å². The van der Waals surface area contributed by atoms with Gasteiger partial charge in [-0.2, -0.15) is 0 Å². The number of rotatable bonds is 5. The summed E-state index contributed by atoms with van der Waals surface area (Å²) in [4.78, 5) is 24.2. The first-order valence-electron chi connectivity index (χ1n) is 6.63. The zero-order valence-electron chi connectivity index (χ0n) is 12.1. The van der Waals surface area contributed by atoms with Gasteiger partial charge in [-0.25, -0.2) is 9.59 Å². The number of carbonyl (C=O) groups is 2. The monoisotopic (exact) mass is 290 g/mol. The third kappa shape index (κ3) is 2.62. The van der Waals surface area contributed by atoms with Crippen molar-refractivity contribution in [2.75, 3.05) is 20.8 Å². The van der Waals surface area contributed by atoms with Gasteiger partial charge in [-0.1, -0.05) is 18.2 Å². The molecule has 0 spiro atoms. The van der Waals surface area contributed by atoms with Crippen LogP contribution in [0.1, 0.15) is 27.3 Å². The molecule has 0 aliphatic carbocycles. The van der Waals surface area contributed by atoms with E-state index in [4.69, 9.17) is 15.2 Å². The molecule has 0 amide bonds. The Morgan fingerprint density at radius 2 is 1.81 bits per heavy atom. The number of fused-ring (bicyclic) bond motifs is 1. The van der Waals surface area contributed by atoms with Gasteiger partial charge in [0.2, 0.25) is 0 Å². The third-order valence-electron chi connectivity index (χ3n) is 3.33. The fraction of sp³-hybridized carbons (Fsp3) is 0.333. The molecule has 1 aromatic heterocycles. The second-order valence-corrected chi connectivity index (χ2v) is 4.52. The van der Waals surface area contributed by atoms with Crippen LogP contribution in [0.2, 0.25) is 0 Å². The first kappa shape index (κ1) is 15.1. The molecule has 2 aromatic rings. The minimum absolute atomic E-state index is 0.207. The first-order chi connectivity index (χ1) is 10.2. The number of carbonyl (C=O) groups excluding carboxylic acids is 2. The largest absolute Gasteiger partial charge is 0.465 e. The van der Waals surface area contributed by atoms with Gasteiger partial charge in [0.25, 0.3) is 0 Å². The van der Waals surface area contributed by atoms with Crippen LogP contribution in [0.3, 0.4) is 0 Å². The molecule has 2 rings (SSSR count). The number of benzene rings is 1. The number of aromatic nitrogens is 1. The molecule has 6 heteroatoms. The molecular formula is C15H18N2O4. The van der Waals surface area contributed by atoms with Crippen molar-refractivity contribution < 1.29 is 19.1 Å². The summed E-state index contributed by atoms with van der Waals surface area (Å²) < 4.78 is 11.4. The molecule has 0 radical (unpaired) electrons. The molecule has 0 saturated heterocycles. The Kier molecular flexibility index (Phi) is 4.59. The zero-order valence-corrected chi connectivity index (χ0v) is 12.1.